The van der Waals surface area contributed by atoms with Crippen molar-refractivity contribution in [3.63, 3.8) is 0 Å². The maximum absolute atomic E-state index is 12.1. The second kappa shape index (κ2) is 7.81. The van der Waals surface area contributed by atoms with E-state index in [9.17, 15) is 9.90 Å². The van der Waals surface area contributed by atoms with Crippen LogP contribution in [0, 0.1) is 0 Å². The predicted octanol–water partition coefficient (Wildman–Crippen LogP) is 4.22. The highest BCUT2D eigenvalue weighted by Crippen LogP contribution is 2.36. The van der Waals surface area contributed by atoms with Crippen molar-refractivity contribution in [1.29, 1.82) is 0 Å². The second-order valence-corrected chi connectivity index (χ2v) is 5.79. The summed E-state index contributed by atoms with van der Waals surface area (Å²) in [7, 11) is 1.30. The quantitative estimate of drug-likeness (QED) is 0.850. The highest BCUT2D eigenvalue weighted by Gasteiger charge is 2.34. The third-order valence-corrected chi connectivity index (χ3v) is 4.09. The number of hydrogen-bond acceptors (Lipinski definition) is 4. The zero-order valence-electron chi connectivity index (χ0n) is 14.0. The molecular formula is C21H20O4. The molecule has 25 heavy (non-hydrogen) atoms. The normalized spacial score (nSPS) is 20.7. The summed E-state index contributed by atoms with van der Waals surface area (Å²) in [6.45, 7) is 0. The van der Waals surface area contributed by atoms with Gasteiger partial charge in [-0.3, -0.25) is 0 Å². The number of carbonyl (C=O) groups is 1. The first kappa shape index (κ1) is 17.0. The van der Waals surface area contributed by atoms with Gasteiger partial charge in [0.1, 0.15) is 17.4 Å². The van der Waals surface area contributed by atoms with E-state index in [4.69, 9.17) is 9.47 Å². The summed E-state index contributed by atoms with van der Waals surface area (Å²) in [4.78, 5) is 12.1. The number of methoxy groups -OCH3 is 1. The van der Waals surface area contributed by atoms with Crippen LogP contribution < -0.4 is 0 Å². The molecule has 1 heterocycles. The molecule has 1 aliphatic heterocycles. The van der Waals surface area contributed by atoms with Crippen LogP contribution in [0.15, 0.2) is 78.1 Å². The smallest absolute Gasteiger partial charge is 0.340 e. The summed E-state index contributed by atoms with van der Waals surface area (Å²) < 4.78 is 10.9. The van der Waals surface area contributed by atoms with Gasteiger partial charge in [-0.2, -0.15) is 0 Å². The lowest BCUT2D eigenvalue weighted by atomic mass is 9.94. The van der Waals surface area contributed by atoms with Gasteiger partial charge in [0.05, 0.1) is 13.2 Å². The van der Waals surface area contributed by atoms with Crippen molar-refractivity contribution in [3.05, 3.63) is 89.2 Å². The van der Waals surface area contributed by atoms with Gasteiger partial charge >= 0.3 is 5.97 Å². The third-order valence-electron chi connectivity index (χ3n) is 4.09. The summed E-state index contributed by atoms with van der Waals surface area (Å²) in [6, 6.07) is 19.2. The first-order valence-electron chi connectivity index (χ1n) is 8.13. The van der Waals surface area contributed by atoms with E-state index < -0.39 is 12.1 Å². The Hall–Kier alpha value is -2.85. The predicted molar refractivity (Wildman–Crippen MR) is 95.8 cm³/mol. The molecule has 3 rings (SSSR count). The van der Waals surface area contributed by atoms with E-state index in [0.717, 1.165) is 11.1 Å². The zero-order chi connectivity index (χ0) is 17.6. The van der Waals surface area contributed by atoms with Crippen molar-refractivity contribution >= 4 is 12.0 Å². The van der Waals surface area contributed by atoms with Crippen LogP contribution in [0.5, 0.6) is 0 Å². The summed E-state index contributed by atoms with van der Waals surface area (Å²) >= 11 is 0. The molecule has 4 heteroatoms. The molecule has 4 nitrogen and oxygen atoms in total. The van der Waals surface area contributed by atoms with E-state index in [2.05, 4.69) is 0 Å². The van der Waals surface area contributed by atoms with Crippen LogP contribution in [0.4, 0.5) is 0 Å². The van der Waals surface area contributed by atoms with Gasteiger partial charge in [0, 0.05) is 6.42 Å². The Labute approximate surface area is 147 Å². The van der Waals surface area contributed by atoms with Crippen molar-refractivity contribution in [2.75, 3.05) is 7.11 Å². The Bertz CT molecular complexity index is 778. The standard InChI is InChI=1S/C21H20O4/c1-24-21(23)19-18(22)14-17(13-12-15-8-4-2-5-9-15)25-20(19)16-10-6-3-7-11-16/h2-13,17,20,22H,14H2,1H3/b13-12+/t17-,20-/m1/s1. The molecule has 2 aromatic carbocycles. The van der Waals surface area contributed by atoms with Crippen LogP contribution in [0.3, 0.4) is 0 Å². The number of aliphatic hydroxyl groups is 1. The zero-order valence-corrected chi connectivity index (χ0v) is 14.0. The lowest BCUT2D eigenvalue weighted by Crippen LogP contribution is -2.28. The number of carbonyl (C=O) groups excluding carboxylic acids is 1. The SMILES string of the molecule is COC(=O)C1=C(O)C[C@@H](/C=C/c2ccccc2)O[C@@H]1c1ccccc1. The number of hydrogen-bond donors (Lipinski definition) is 1. The van der Waals surface area contributed by atoms with Gasteiger partial charge in [-0.15, -0.1) is 0 Å². The van der Waals surface area contributed by atoms with Gasteiger partial charge in [0.25, 0.3) is 0 Å². The molecule has 1 N–H and O–H groups in total. The Morgan fingerprint density at radius 2 is 1.76 bits per heavy atom. The van der Waals surface area contributed by atoms with Crippen molar-refractivity contribution in [3.8, 4) is 0 Å². The van der Waals surface area contributed by atoms with E-state index in [1.54, 1.807) is 0 Å². The molecule has 0 spiro atoms. The van der Waals surface area contributed by atoms with Crippen LogP contribution in [0.2, 0.25) is 0 Å². The third kappa shape index (κ3) is 3.98. The van der Waals surface area contributed by atoms with E-state index in [1.807, 2.05) is 72.8 Å². The summed E-state index contributed by atoms with van der Waals surface area (Å²) in [5.74, 6) is -0.563. The molecule has 0 saturated carbocycles. The van der Waals surface area contributed by atoms with Crippen molar-refractivity contribution in [1.82, 2.24) is 0 Å². The molecule has 0 bridgehead atoms. The molecule has 0 amide bonds. The molecule has 0 saturated heterocycles. The molecule has 2 atom stereocenters. The molecular weight excluding hydrogens is 316 g/mol. The molecule has 2 aromatic rings. The van der Waals surface area contributed by atoms with Crippen LogP contribution >= 0.6 is 0 Å². The van der Waals surface area contributed by atoms with Gasteiger partial charge in [-0.05, 0) is 11.1 Å². The number of benzene rings is 2. The number of aliphatic hydroxyl groups excluding tert-OH is 1. The Morgan fingerprint density at radius 3 is 2.40 bits per heavy atom. The Morgan fingerprint density at radius 1 is 1.12 bits per heavy atom. The molecule has 128 valence electrons. The Kier molecular flexibility index (Phi) is 5.31. The van der Waals surface area contributed by atoms with E-state index in [1.165, 1.54) is 7.11 Å². The van der Waals surface area contributed by atoms with Gasteiger partial charge in [-0.25, -0.2) is 4.79 Å². The largest absolute Gasteiger partial charge is 0.512 e. The molecule has 1 aliphatic rings. The molecule has 0 aromatic heterocycles. The number of esters is 1. The van der Waals surface area contributed by atoms with E-state index in [0.29, 0.717) is 0 Å². The lowest BCUT2D eigenvalue weighted by Gasteiger charge is -2.30. The fourth-order valence-corrected chi connectivity index (χ4v) is 2.85. The first-order valence-corrected chi connectivity index (χ1v) is 8.13. The Balaban J connectivity index is 1.90. The van der Waals surface area contributed by atoms with Crippen LogP contribution in [-0.4, -0.2) is 24.3 Å². The number of rotatable bonds is 4. The minimum atomic E-state index is -0.659. The van der Waals surface area contributed by atoms with Crippen molar-refractivity contribution < 1.29 is 19.4 Å². The molecule has 0 aliphatic carbocycles. The van der Waals surface area contributed by atoms with Crippen molar-refractivity contribution in [2.24, 2.45) is 0 Å². The van der Waals surface area contributed by atoms with Gasteiger partial charge in [0.15, 0.2) is 0 Å². The van der Waals surface area contributed by atoms with Crippen LogP contribution in [0.25, 0.3) is 6.08 Å². The maximum Gasteiger partial charge on any atom is 0.340 e. The lowest BCUT2D eigenvalue weighted by molar-refractivity contribution is -0.139. The van der Waals surface area contributed by atoms with E-state index >= 15 is 0 Å². The van der Waals surface area contributed by atoms with Crippen molar-refractivity contribution in [2.45, 2.75) is 18.6 Å². The van der Waals surface area contributed by atoms with Gasteiger partial charge < -0.3 is 14.6 Å². The van der Waals surface area contributed by atoms with Crippen LogP contribution in [0.1, 0.15) is 23.7 Å². The monoisotopic (exact) mass is 336 g/mol. The average Bonchev–Trinajstić information content (AvgIpc) is 2.67. The molecule has 0 fully saturated rings. The average molecular weight is 336 g/mol. The summed E-state index contributed by atoms with van der Waals surface area (Å²) in [5.41, 5.74) is 2.01. The fraction of sp³-hybridized carbons (Fsp3) is 0.190. The van der Waals surface area contributed by atoms with Gasteiger partial charge in [0.2, 0.25) is 0 Å². The van der Waals surface area contributed by atoms with Crippen LogP contribution in [-0.2, 0) is 14.3 Å². The molecule has 0 radical (unpaired) electrons. The van der Waals surface area contributed by atoms with E-state index in [-0.39, 0.29) is 23.9 Å². The fourth-order valence-electron chi connectivity index (χ4n) is 2.85. The minimum Gasteiger partial charge on any atom is -0.512 e. The maximum atomic E-state index is 12.1. The summed E-state index contributed by atoms with van der Waals surface area (Å²) in [5, 5.41) is 10.4. The topological polar surface area (TPSA) is 55.8 Å². The minimum absolute atomic E-state index is 0.00895. The first-order chi connectivity index (χ1) is 12.2. The highest BCUT2D eigenvalue weighted by atomic mass is 16.5. The summed E-state index contributed by atoms with van der Waals surface area (Å²) in [6.07, 6.45) is 3.09. The second-order valence-electron chi connectivity index (χ2n) is 5.79. The van der Waals surface area contributed by atoms with Gasteiger partial charge in [-0.1, -0.05) is 72.8 Å². The molecule has 0 unspecified atom stereocenters. The number of ether oxygens (including phenoxy) is 2. The highest BCUT2D eigenvalue weighted by molar-refractivity contribution is 5.90.